The van der Waals surface area contributed by atoms with E-state index in [9.17, 15) is 4.79 Å². The van der Waals surface area contributed by atoms with Gasteiger partial charge in [-0.3, -0.25) is 9.78 Å². The van der Waals surface area contributed by atoms with Gasteiger partial charge >= 0.3 is 5.97 Å². The van der Waals surface area contributed by atoms with E-state index in [2.05, 4.69) is 26.2 Å². The van der Waals surface area contributed by atoms with Crippen LogP contribution < -0.4 is 5.32 Å². The number of nitrogens with one attached hydrogen (secondary N) is 1. The topological polar surface area (TPSA) is 51.2 Å². The number of nitrogens with zero attached hydrogens (tertiary/aromatic N) is 1. The van der Waals surface area contributed by atoms with E-state index in [0.717, 1.165) is 29.7 Å². The molecule has 0 saturated heterocycles. The third-order valence-electron chi connectivity index (χ3n) is 2.13. The lowest BCUT2D eigenvalue weighted by molar-refractivity contribution is -0.143. The maximum absolute atomic E-state index is 11.0. The van der Waals surface area contributed by atoms with E-state index in [1.54, 1.807) is 6.20 Å². The molecule has 1 N–H and O–H groups in total. The Bertz CT molecular complexity index is 341. The number of esters is 1. The van der Waals surface area contributed by atoms with Crippen LogP contribution in [0, 0.1) is 0 Å². The second kappa shape index (κ2) is 8.20. The van der Waals surface area contributed by atoms with Crippen molar-refractivity contribution in [3.05, 3.63) is 28.5 Å². The summed E-state index contributed by atoms with van der Waals surface area (Å²) < 4.78 is 5.81. The number of halogens is 1. The molecule has 1 aromatic heterocycles. The van der Waals surface area contributed by atoms with Crippen LogP contribution in [0.15, 0.2) is 22.8 Å². The minimum atomic E-state index is -0.129. The van der Waals surface area contributed by atoms with Gasteiger partial charge in [0, 0.05) is 23.6 Å². The van der Waals surface area contributed by atoms with Gasteiger partial charge in [-0.05, 0) is 48.0 Å². The number of hydrogen-bond acceptors (Lipinski definition) is 4. The second-order valence-electron chi connectivity index (χ2n) is 3.55. The molecule has 0 aromatic carbocycles. The molecule has 0 aliphatic rings. The molecule has 4 nitrogen and oxygen atoms in total. The van der Waals surface area contributed by atoms with Gasteiger partial charge in [0.15, 0.2) is 0 Å². The van der Waals surface area contributed by atoms with E-state index >= 15 is 0 Å². The van der Waals surface area contributed by atoms with Crippen LogP contribution in [0.4, 0.5) is 0 Å². The van der Waals surface area contributed by atoms with E-state index < -0.39 is 0 Å². The Balaban J connectivity index is 2.08. The van der Waals surface area contributed by atoms with Gasteiger partial charge < -0.3 is 10.1 Å². The highest BCUT2D eigenvalue weighted by Gasteiger charge is 2.00. The van der Waals surface area contributed by atoms with Gasteiger partial charge in [0.05, 0.1) is 12.3 Å². The molecule has 17 heavy (non-hydrogen) atoms. The number of aromatic nitrogens is 1. The zero-order chi connectivity index (χ0) is 12.5. The zero-order valence-electron chi connectivity index (χ0n) is 9.91. The number of pyridine rings is 1. The first-order chi connectivity index (χ1) is 8.22. The normalized spacial score (nSPS) is 10.2. The van der Waals surface area contributed by atoms with E-state index in [4.69, 9.17) is 4.74 Å². The highest BCUT2D eigenvalue weighted by atomic mass is 79.9. The summed E-state index contributed by atoms with van der Waals surface area (Å²) in [6, 6.07) is 3.92. The number of carbonyl (C=O) groups excluding carboxylic acids is 1. The molecule has 1 aromatic rings. The Hall–Kier alpha value is -0.940. The van der Waals surface area contributed by atoms with Crippen LogP contribution >= 0.6 is 15.9 Å². The summed E-state index contributed by atoms with van der Waals surface area (Å²) in [6.07, 6.45) is 3.03. The lowest BCUT2D eigenvalue weighted by Gasteiger charge is -2.04. The molecule has 1 rings (SSSR count). The zero-order valence-corrected chi connectivity index (χ0v) is 11.5. The highest BCUT2D eigenvalue weighted by Crippen LogP contribution is 2.07. The fourth-order valence-corrected chi connectivity index (χ4v) is 1.55. The summed E-state index contributed by atoms with van der Waals surface area (Å²) in [5.74, 6) is -0.129. The number of rotatable bonds is 7. The quantitative estimate of drug-likeness (QED) is 0.620. The van der Waals surface area contributed by atoms with Crippen molar-refractivity contribution in [2.24, 2.45) is 0 Å². The Morgan fingerprint density at radius 3 is 3.00 bits per heavy atom. The molecule has 94 valence electrons. The first kappa shape index (κ1) is 14.1. The van der Waals surface area contributed by atoms with Crippen LogP contribution in [-0.4, -0.2) is 24.1 Å². The maximum Gasteiger partial charge on any atom is 0.305 e. The van der Waals surface area contributed by atoms with Crippen LogP contribution in [0.1, 0.15) is 25.5 Å². The van der Waals surface area contributed by atoms with E-state index in [1.165, 1.54) is 0 Å². The monoisotopic (exact) mass is 300 g/mol. The van der Waals surface area contributed by atoms with Crippen LogP contribution in [0.3, 0.4) is 0 Å². The molecular formula is C12H17BrN2O2. The first-order valence-corrected chi connectivity index (χ1v) is 6.48. The summed E-state index contributed by atoms with van der Waals surface area (Å²) in [5.41, 5.74) is 0.990. The van der Waals surface area contributed by atoms with E-state index in [-0.39, 0.29) is 5.97 Å². The smallest absolute Gasteiger partial charge is 0.305 e. The molecular weight excluding hydrogens is 284 g/mol. The van der Waals surface area contributed by atoms with Gasteiger partial charge in [0.25, 0.3) is 0 Å². The molecule has 0 spiro atoms. The molecule has 0 atom stereocenters. The molecule has 0 radical (unpaired) electrons. The minimum Gasteiger partial charge on any atom is -0.466 e. The number of hydrogen-bond donors (Lipinski definition) is 1. The number of ether oxygens (including phenoxy) is 1. The molecule has 0 amide bonds. The Morgan fingerprint density at radius 1 is 1.53 bits per heavy atom. The first-order valence-electron chi connectivity index (χ1n) is 5.69. The van der Waals surface area contributed by atoms with Gasteiger partial charge in [-0.2, -0.15) is 0 Å². The molecule has 0 aliphatic heterocycles. The minimum absolute atomic E-state index is 0.129. The third kappa shape index (κ3) is 6.38. The van der Waals surface area contributed by atoms with Crippen LogP contribution in [0.25, 0.3) is 0 Å². The van der Waals surface area contributed by atoms with Gasteiger partial charge in [0.1, 0.15) is 0 Å². The second-order valence-corrected chi connectivity index (χ2v) is 4.47. The summed E-state index contributed by atoms with van der Waals surface area (Å²) >= 11 is 3.33. The average molecular weight is 301 g/mol. The largest absolute Gasteiger partial charge is 0.466 e. The van der Waals surface area contributed by atoms with Gasteiger partial charge in [-0.1, -0.05) is 0 Å². The Kier molecular flexibility index (Phi) is 6.81. The summed E-state index contributed by atoms with van der Waals surface area (Å²) in [4.78, 5) is 15.3. The molecule has 0 saturated carbocycles. The van der Waals surface area contributed by atoms with Crippen molar-refractivity contribution in [1.29, 1.82) is 0 Å². The number of carbonyl (C=O) groups is 1. The summed E-state index contributed by atoms with van der Waals surface area (Å²) in [6.45, 7) is 3.77. The lowest BCUT2D eigenvalue weighted by atomic mass is 10.3. The Labute approximate surface area is 110 Å². The standard InChI is InChI=1S/C12H17BrN2O2/c1-2-17-12(16)4-3-7-14-9-11-6-5-10(13)8-15-11/h5-6,8,14H,2-4,7,9H2,1H3. The van der Waals surface area contributed by atoms with Gasteiger partial charge in [-0.25, -0.2) is 0 Å². The Morgan fingerprint density at radius 2 is 2.35 bits per heavy atom. The van der Waals surface area contributed by atoms with Crippen molar-refractivity contribution < 1.29 is 9.53 Å². The van der Waals surface area contributed by atoms with Gasteiger partial charge in [0.2, 0.25) is 0 Å². The van der Waals surface area contributed by atoms with Crippen LogP contribution in [0.5, 0.6) is 0 Å². The summed E-state index contributed by atoms with van der Waals surface area (Å²) in [5, 5.41) is 3.23. The SMILES string of the molecule is CCOC(=O)CCCNCc1ccc(Br)cn1. The fraction of sp³-hybridized carbons (Fsp3) is 0.500. The van der Waals surface area contributed by atoms with Crippen molar-refractivity contribution >= 4 is 21.9 Å². The van der Waals surface area contributed by atoms with E-state index in [1.807, 2.05) is 19.1 Å². The summed E-state index contributed by atoms with van der Waals surface area (Å²) in [7, 11) is 0. The molecule has 1 heterocycles. The predicted octanol–water partition coefficient (Wildman–Crippen LogP) is 2.28. The van der Waals surface area contributed by atoms with Crippen molar-refractivity contribution in [1.82, 2.24) is 10.3 Å². The van der Waals surface area contributed by atoms with Crippen molar-refractivity contribution in [2.45, 2.75) is 26.3 Å². The predicted molar refractivity (Wildman–Crippen MR) is 69.5 cm³/mol. The van der Waals surface area contributed by atoms with Crippen molar-refractivity contribution in [3.8, 4) is 0 Å². The van der Waals surface area contributed by atoms with Crippen molar-refractivity contribution in [2.75, 3.05) is 13.2 Å². The van der Waals surface area contributed by atoms with Crippen molar-refractivity contribution in [3.63, 3.8) is 0 Å². The molecule has 0 fully saturated rings. The third-order valence-corrected chi connectivity index (χ3v) is 2.60. The van der Waals surface area contributed by atoms with Gasteiger partial charge in [-0.15, -0.1) is 0 Å². The molecule has 0 unspecified atom stereocenters. The highest BCUT2D eigenvalue weighted by molar-refractivity contribution is 9.10. The maximum atomic E-state index is 11.0. The average Bonchev–Trinajstić information content (AvgIpc) is 2.31. The fourth-order valence-electron chi connectivity index (χ4n) is 1.32. The molecule has 0 aliphatic carbocycles. The molecule has 5 heteroatoms. The van der Waals surface area contributed by atoms with E-state index in [0.29, 0.717) is 13.0 Å². The molecule has 0 bridgehead atoms. The van der Waals surface area contributed by atoms with Crippen LogP contribution in [-0.2, 0) is 16.1 Å². The van der Waals surface area contributed by atoms with Crippen LogP contribution in [0.2, 0.25) is 0 Å². The lowest BCUT2D eigenvalue weighted by Crippen LogP contribution is -2.17.